The second kappa shape index (κ2) is 9.53. The molecule has 1 amide bonds. The number of nitrogens with zero attached hydrogens (tertiary/aromatic N) is 3. The van der Waals surface area contributed by atoms with Gasteiger partial charge in [0.15, 0.2) is 11.0 Å². The van der Waals surface area contributed by atoms with Crippen molar-refractivity contribution >= 4 is 34.1 Å². The first-order valence-corrected chi connectivity index (χ1v) is 12.1. The summed E-state index contributed by atoms with van der Waals surface area (Å²) < 4.78 is 2.01. The Balaban J connectivity index is 1.41. The maximum atomic E-state index is 12.8. The van der Waals surface area contributed by atoms with Crippen LogP contribution in [-0.4, -0.2) is 26.4 Å². The highest BCUT2D eigenvalue weighted by molar-refractivity contribution is 7.99. The SMILES string of the molecule is Cc1ccc(-c2nnc(SCC(=O)Nc3cccc4ccccc34)n2-c2ccc(C)cc2)cc1. The lowest BCUT2D eigenvalue weighted by atomic mass is 10.1. The van der Waals surface area contributed by atoms with Crippen LogP contribution in [0.5, 0.6) is 0 Å². The molecule has 34 heavy (non-hydrogen) atoms. The second-order valence-electron chi connectivity index (χ2n) is 8.21. The Morgan fingerprint density at radius 1 is 0.824 bits per heavy atom. The van der Waals surface area contributed by atoms with E-state index < -0.39 is 0 Å². The van der Waals surface area contributed by atoms with Crippen molar-refractivity contribution < 1.29 is 4.79 Å². The summed E-state index contributed by atoms with van der Waals surface area (Å²) in [7, 11) is 0. The molecule has 1 heterocycles. The zero-order chi connectivity index (χ0) is 23.5. The number of anilines is 1. The molecule has 0 bridgehead atoms. The molecule has 5 nitrogen and oxygen atoms in total. The Morgan fingerprint density at radius 2 is 1.50 bits per heavy atom. The van der Waals surface area contributed by atoms with E-state index in [0.717, 1.165) is 33.5 Å². The molecule has 0 atom stereocenters. The Hall–Kier alpha value is -3.90. The number of aromatic nitrogens is 3. The highest BCUT2D eigenvalue weighted by atomic mass is 32.2. The molecule has 6 heteroatoms. The number of hydrogen-bond donors (Lipinski definition) is 1. The number of fused-ring (bicyclic) bond motifs is 1. The normalized spacial score (nSPS) is 11.0. The molecule has 5 rings (SSSR count). The quantitative estimate of drug-likeness (QED) is 0.294. The molecule has 5 aromatic rings. The van der Waals surface area contributed by atoms with E-state index in [-0.39, 0.29) is 11.7 Å². The molecule has 0 aliphatic carbocycles. The molecule has 0 aliphatic rings. The van der Waals surface area contributed by atoms with E-state index in [9.17, 15) is 4.79 Å². The summed E-state index contributed by atoms with van der Waals surface area (Å²) in [4.78, 5) is 12.8. The number of carbonyl (C=O) groups excluding carboxylic acids is 1. The van der Waals surface area contributed by atoms with Crippen molar-refractivity contribution in [1.82, 2.24) is 14.8 Å². The lowest BCUT2D eigenvalue weighted by Crippen LogP contribution is -2.14. The van der Waals surface area contributed by atoms with Crippen molar-refractivity contribution in [2.75, 3.05) is 11.1 Å². The molecule has 0 fully saturated rings. The fourth-order valence-corrected chi connectivity index (χ4v) is 4.58. The van der Waals surface area contributed by atoms with Crippen LogP contribution >= 0.6 is 11.8 Å². The lowest BCUT2D eigenvalue weighted by Gasteiger charge is -2.12. The summed E-state index contributed by atoms with van der Waals surface area (Å²) in [6, 6.07) is 30.4. The van der Waals surface area contributed by atoms with Crippen molar-refractivity contribution in [3.63, 3.8) is 0 Å². The highest BCUT2D eigenvalue weighted by Crippen LogP contribution is 2.29. The molecular weight excluding hydrogens is 440 g/mol. The van der Waals surface area contributed by atoms with E-state index in [0.29, 0.717) is 5.16 Å². The minimum Gasteiger partial charge on any atom is -0.325 e. The third-order valence-electron chi connectivity index (χ3n) is 5.63. The van der Waals surface area contributed by atoms with Gasteiger partial charge in [0.05, 0.1) is 5.75 Å². The Bertz CT molecular complexity index is 1450. The van der Waals surface area contributed by atoms with Gasteiger partial charge in [-0.1, -0.05) is 95.7 Å². The molecular formula is C28H24N4OS. The molecule has 168 valence electrons. The average molecular weight is 465 g/mol. The third-order valence-corrected chi connectivity index (χ3v) is 6.56. The van der Waals surface area contributed by atoms with Gasteiger partial charge < -0.3 is 5.32 Å². The molecule has 0 radical (unpaired) electrons. The van der Waals surface area contributed by atoms with Crippen molar-refractivity contribution in [3.8, 4) is 17.1 Å². The molecule has 0 saturated heterocycles. The predicted octanol–water partition coefficient (Wildman–Crippen LogP) is 6.44. The van der Waals surface area contributed by atoms with Crippen molar-refractivity contribution in [2.45, 2.75) is 19.0 Å². The summed E-state index contributed by atoms with van der Waals surface area (Å²) in [5.41, 5.74) is 5.11. The predicted molar refractivity (Wildman–Crippen MR) is 140 cm³/mol. The monoisotopic (exact) mass is 464 g/mol. The van der Waals surface area contributed by atoms with Gasteiger partial charge in [-0.15, -0.1) is 10.2 Å². The maximum Gasteiger partial charge on any atom is 0.234 e. The summed E-state index contributed by atoms with van der Waals surface area (Å²) in [5, 5.41) is 14.8. The fraction of sp³-hybridized carbons (Fsp3) is 0.107. The van der Waals surface area contributed by atoms with Gasteiger partial charge in [-0.25, -0.2) is 0 Å². The molecule has 1 N–H and O–H groups in total. The van der Waals surface area contributed by atoms with Gasteiger partial charge in [0, 0.05) is 22.3 Å². The smallest absolute Gasteiger partial charge is 0.234 e. The average Bonchev–Trinajstić information content (AvgIpc) is 3.28. The van der Waals surface area contributed by atoms with E-state index in [1.54, 1.807) is 0 Å². The summed E-state index contributed by atoms with van der Waals surface area (Å²) in [6.45, 7) is 4.12. The van der Waals surface area contributed by atoms with E-state index in [4.69, 9.17) is 0 Å². The van der Waals surface area contributed by atoms with Gasteiger partial charge in [0.25, 0.3) is 0 Å². The van der Waals surface area contributed by atoms with Crippen molar-refractivity contribution in [1.29, 1.82) is 0 Å². The number of hydrogen-bond acceptors (Lipinski definition) is 4. The highest BCUT2D eigenvalue weighted by Gasteiger charge is 2.17. The lowest BCUT2D eigenvalue weighted by molar-refractivity contribution is -0.113. The first-order chi connectivity index (χ1) is 16.6. The Kier molecular flexibility index (Phi) is 6.14. The standard InChI is InChI=1S/C28H24N4OS/c1-19-10-14-22(15-11-19)27-30-31-28(32(27)23-16-12-20(2)13-17-23)34-18-26(33)29-25-9-5-7-21-6-3-4-8-24(21)25/h3-17H,18H2,1-2H3,(H,29,33). The van der Waals surface area contributed by atoms with Crippen LogP contribution in [0.25, 0.3) is 27.8 Å². The Labute approximate surface area is 202 Å². The molecule has 0 aliphatic heterocycles. The molecule has 4 aromatic carbocycles. The number of rotatable bonds is 6. The number of aryl methyl sites for hydroxylation is 2. The van der Waals surface area contributed by atoms with Crippen molar-refractivity contribution in [2.24, 2.45) is 0 Å². The van der Waals surface area contributed by atoms with Gasteiger partial charge >= 0.3 is 0 Å². The van der Waals surface area contributed by atoms with Crippen LogP contribution in [0.4, 0.5) is 5.69 Å². The van der Waals surface area contributed by atoms with Gasteiger partial charge in [-0.2, -0.15) is 0 Å². The Morgan fingerprint density at radius 3 is 2.26 bits per heavy atom. The molecule has 1 aromatic heterocycles. The first kappa shape index (κ1) is 21.9. The number of benzene rings is 4. The number of amides is 1. The minimum absolute atomic E-state index is 0.0864. The zero-order valence-corrected chi connectivity index (χ0v) is 19.8. The largest absolute Gasteiger partial charge is 0.325 e. The van der Waals surface area contributed by atoms with Gasteiger partial charge in [-0.3, -0.25) is 9.36 Å². The summed E-state index contributed by atoms with van der Waals surface area (Å²) in [6.07, 6.45) is 0. The minimum atomic E-state index is -0.0864. The van der Waals surface area contributed by atoms with E-state index >= 15 is 0 Å². The van der Waals surface area contributed by atoms with Crippen LogP contribution in [0.3, 0.4) is 0 Å². The third kappa shape index (κ3) is 4.58. The van der Waals surface area contributed by atoms with E-state index in [2.05, 4.69) is 65.8 Å². The van der Waals surface area contributed by atoms with Crippen LogP contribution in [0, 0.1) is 13.8 Å². The van der Waals surface area contributed by atoms with Crippen LogP contribution in [0.1, 0.15) is 11.1 Å². The van der Waals surface area contributed by atoms with E-state index in [1.165, 1.54) is 22.9 Å². The van der Waals surface area contributed by atoms with Crippen LogP contribution in [0.2, 0.25) is 0 Å². The number of thioether (sulfide) groups is 1. The van der Waals surface area contributed by atoms with Gasteiger partial charge in [0.1, 0.15) is 0 Å². The second-order valence-corrected chi connectivity index (χ2v) is 9.15. The van der Waals surface area contributed by atoms with Gasteiger partial charge in [-0.05, 0) is 37.4 Å². The molecule has 0 unspecified atom stereocenters. The molecule has 0 spiro atoms. The zero-order valence-electron chi connectivity index (χ0n) is 19.0. The number of carbonyl (C=O) groups is 1. The van der Waals surface area contributed by atoms with Crippen LogP contribution in [-0.2, 0) is 4.79 Å². The van der Waals surface area contributed by atoms with Crippen LogP contribution in [0.15, 0.2) is 96.2 Å². The van der Waals surface area contributed by atoms with E-state index in [1.807, 2.05) is 59.2 Å². The summed E-state index contributed by atoms with van der Waals surface area (Å²) in [5.74, 6) is 0.888. The topological polar surface area (TPSA) is 59.8 Å². The maximum absolute atomic E-state index is 12.8. The molecule has 0 saturated carbocycles. The summed E-state index contributed by atoms with van der Waals surface area (Å²) >= 11 is 1.37. The van der Waals surface area contributed by atoms with Crippen molar-refractivity contribution in [3.05, 3.63) is 102 Å². The fourth-order valence-electron chi connectivity index (χ4n) is 3.83. The first-order valence-electron chi connectivity index (χ1n) is 11.1. The van der Waals surface area contributed by atoms with Gasteiger partial charge in [0.2, 0.25) is 5.91 Å². The van der Waals surface area contributed by atoms with Crippen LogP contribution < -0.4 is 5.32 Å². The number of nitrogens with one attached hydrogen (secondary N) is 1.